The molecule has 14 heteroatoms. The minimum absolute atomic E-state index is 0.00588. The summed E-state index contributed by atoms with van der Waals surface area (Å²) < 4.78 is 25.5. The molecule has 2 heterocycles. The van der Waals surface area contributed by atoms with Gasteiger partial charge in [0, 0.05) is 13.5 Å². The average Bonchev–Trinajstić information content (AvgIpc) is 3.24. The molecule has 0 radical (unpaired) electrons. The van der Waals surface area contributed by atoms with E-state index in [-0.39, 0.29) is 54.4 Å². The normalized spacial score (nSPS) is 17.5. The molecule has 0 aliphatic carbocycles. The second kappa shape index (κ2) is 11.1. The molecule has 194 valence electrons. The number of halogens is 1. The first-order valence-corrected chi connectivity index (χ1v) is 13.1. The summed E-state index contributed by atoms with van der Waals surface area (Å²) >= 11 is 6.03. The Kier molecular flexibility index (Phi) is 9.45. The van der Waals surface area contributed by atoms with Crippen molar-refractivity contribution in [1.82, 2.24) is 19.5 Å². The van der Waals surface area contributed by atoms with Crippen molar-refractivity contribution in [1.29, 1.82) is 0 Å². The van der Waals surface area contributed by atoms with Gasteiger partial charge in [0.2, 0.25) is 5.95 Å². The first kappa shape index (κ1) is 28.9. The SMILES string of the molecule is CCC(CC)(C[C@@H](OC)[C@@H](O)[C@@H](O)n1cnc2c(Cl)nc(N)nc21)OP(=O)(O)C(O)(CC)CC. The van der Waals surface area contributed by atoms with Gasteiger partial charge in [0.1, 0.15) is 11.6 Å². The first-order chi connectivity index (χ1) is 15.8. The van der Waals surface area contributed by atoms with Crippen molar-refractivity contribution in [2.24, 2.45) is 0 Å². The molecule has 0 bridgehead atoms. The molecule has 2 aromatic heterocycles. The summed E-state index contributed by atoms with van der Waals surface area (Å²) in [6.07, 6.45) is -2.32. The van der Waals surface area contributed by atoms with E-state index in [9.17, 15) is 24.8 Å². The Morgan fingerprint density at radius 1 is 1.18 bits per heavy atom. The zero-order valence-electron chi connectivity index (χ0n) is 20.0. The van der Waals surface area contributed by atoms with Crippen LogP contribution in [-0.2, 0) is 13.8 Å². The Labute approximate surface area is 203 Å². The van der Waals surface area contributed by atoms with Crippen molar-refractivity contribution in [2.75, 3.05) is 12.8 Å². The lowest BCUT2D eigenvalue weighted by Gasteiger charge is -2.41. The van der Waals surface area contributed by atoms with Crippen molar-refractivity contribution >= 4 is 36.3 Å². The first-order valence-electron chi connectivity index (χ1n) is 11.1. The lowest BCUT2D eigenvalue weighted by molar-refractivity contribution is -0.126. The Morgan fingerprint density at radius 2 is 1.76 bits per heavy atom. The number of rotatable bonds is 13. The van der Waals surface area contributed by atoms with Crippen LogP contribution < -0.4 is 5.73 Å². The number of aliphatic hydroxyl groups is 3. The van der Waals surface area contributed by atoms with Crippen LogP contribution in [0, 0.1) is 0 Å². The molecule has 2 aromatic rings. The summed E-state index contributed by atoms with van der Waals surface area (Å²) in [5.41, 5.74) is 4.73. The molecule has 0 amide bonds. The van der Waals surface area contributed by atoms with E-state index in [1.807, 2.05) is 0 Å². The van der Waals surface area contributed by atoms with Crippen LogP contribution in [0.4, 0.5) is 5.95 Å². The predicted octanol–water partition coefficient (Wildman–Crippen LogP) is 2.59. The van der Waals surface area contributed by atoms with Gasteiger partial charge in [0.05, 0.1) is 18.0 Å². The van der Waals surface area contributed by atoms with Crippen LogP contribution in [-0.4, -0.2) is 70.0 Å². The van der Waals surface area contributed by atoms with Crippen LogP contribution in [0.15, 0.2) is 6.33 Å². The number of hydrogen-bond acceptors (Lipinski definition) is 10. The van der Waals surface area contributed by atoms with Crippen molar-refractivity contribution in [3.8, 4) is 0 Å². The largest absolute Gasteiger partial charge is 0.386 e. The number of anilines is 1. The van der Waals surface area contributed by atoms with Crippen molar-refractivity contribution in [2.45, 2.75) is 89.2 Å². The van der Waals surface area contributed by atoms with Gasteiger partial charge in [-0.2, -0.15) is 9.97 Å². The molecule has 6 N–H and O–H groups in total. The van der Waals surface area contributed by atoms with Gasteiger partial charge >= 0.3 is 7.60 Å². The quantitative estimate of drug-likeness (QED) is 0.192. The molecule has 34 heavy (non-hydrogen) atoms. The third-order valence-electron chi connectivity index (χ3n) is 6.51. The average molecular weight is 524 g/mol. The van der Waals surface area contributed by atoms with Gasteiger partial charge in [-0.05, 0) is 25.7 Å². The minimum Gasteiger partial charge on any atom is -0.386 e. The number of nitrogens with zero attached hydrogens (tertiary/aromatic N) is 4. The topological polar surface area (TPSA) is 186 Å². The van der Waals surface area contributed by atoms with Gasteiger partial charge in [-0.1, -0.05) is 39.3 Å². The highest BCUT2D eigenvalue weighted by Crippen LogP contribution is 2.61. The maximum Gasteiger partial charge on any atom is 0.359 e. The lowest BCUT2D eigenvalue weighted by atomic mass is 9.88. The molecule has 2 rings (SSSR count). The summed E-state index contributed by atoms with van der Waals surface area (Å²) in [6, 6.07) is 0. The summed E-state index contributed by atoms with van der Waals surface area (Å²) in [7, 11) is -3.15. The van der Waals surface area contributed by atoms with Crippen LogP contribution >= 0.6 is 19.2 Å². The second-order valence-corrected chi connectivity index (χ2v) is 10.7. The van der Waals surface area contributed by atoms with Gasteiger partial charge in [0.15, 0.2) is 22.4 Å². The minimum atomic E-state index is -4.49. The van der Waals surface area contributed by atoms with Crippen LogP contribution in [0.2, 0.25) is 5.15 Å². The third kappa shape index (κ3) is 5.55. The van der Waals surface area contributed by atoms with Crippen molar-refractivity contribution in [3.63, 3.8) is 0 Å². The van der Waals surface area contributed by atoms with Crippen LogP contribution in [0.25, 0.3) is 11.2 Å². The van der Waals surface area contributed by atoms with E-state index in [0.717, 1.165) is 0 Å². The molecule has 0 fully saturated rings. The van der Waals surface area contributed by atoms with E-state index in [4.69, 9.17) is 26.6 Å². The van der Waals surface area contributed by atoms with E-state index < -0.39 is 37.0 Å². The summed E-state index contributed by atoms with van der Waals surface area (Å²) in [5, 5.41) is 30.6. The van der Waals surface area contributed by atoms with E-state index in [2.05, 4.69) is 15.0 Å². The molecule has 0 saturated carbocycles. The maximum atomic E-state index is 13.1. The number of ether oxygens (including phenoxy) is 1. The zero-order chi connectivity index (χ0) is 25.9. The van der Waals surface area contributed by atoms with Gasteiger partial charge in [-0.25, -0.2) is 4.98 Å². The maximum absolute atomic E-state index is 13.1. The summed E-state index contributed by atoms with van der Waals surface area (Å²) in [5.74, 6) is -0.133. The van der Waals surface area contributed by atoms with Gasteiger partial charge in [-0.3, -0.25) is 13.7 Å². The number of fused-ring (bicyclic) bond motifs is 1. The molecule has 0 spiro atoms. The molecule has 0 aliphatic heterocycles. The van der Waals surface area contributed by atoms with Crippen molar-refractivity contribution < 1.29 is 34.0 Å². The van der Waals surface area contributed by atoms with Gasteiger partial charge in [-0.15, -0.1) is 0 Å². The fourth-order valence-electron chi connectivity index (χ4n) is 3.86. The number of methoxy groups -OCH3 is 1. The Balaban J connectivity index is 2.36. The molecule has 4 atom stereocenters. The summed E-state index contributed by atoms with van der Waals surface area (Å²) in [4.78, 5) is 22.6. The van der Waals surface area contributed by atoms with Gasteiger partial charge in [0.25, 0.3) is 0 Å². The molecule has 12 nitrogen and oxygen atoms in total. The number of aliphatic hydroxyl groups excluding tert-OH is 2. The molecular weight excluding hydrogens is 489 g/mol. The highest BCUT2D eigenvalue weighted by atomic mass is 35.5. The molecule has 0 aliphatic rings. The predicted molar refractivity (Wildman–Crippen MR) is 127 cm³/mol. The van der Waals surface area contributed by atoms with E-state index >= 15 is 0 Å². The smallest absolute Gasteiger partial charge is 0.359 e. The molecule has 0 aromatic carbocycles. The number of nitrogens with two attached hydrogens (primary N) is 1. The third-order valence-corrected chi connectivity index (χ3v) is 9.09. The summed E-state index contributed by atoms with van der Waals surface area (Å²) in [6.45, 7) is 6.73. The van der Waals surface area contributed by atoms with Crippen molar-refractivity contribution in [3.05, 3.63) is 11.5 Å². The van der Waals surface area contributed by atoms with E-state index in [1.54, 1.807) is 27.7 Å². The Bertz CT molecular complexity index is 1010. The monoisotopic (exact) mass is 523 g/mol. The van der Waals surface area contributed by atoms with Gasteiger partial charge < -0.3 is 30.7 Å². The fourth-order valence-corrected chi connectivity index (χ4v) is 5.91. The molecular formula is C20H35ClN5O7P. The second-order valence-electron chi connectivity index (χ2n) is 8.27. The Morgan fingerprint density at radius 3 is 2.26 bits per heavy atom. The Hall–Kier alpha value is -1.37. The highest BCUT2D eigenvalue weighted by molar-refractivity contribution is 7.54. The van der Waals surface area contributed by atoms with Crippen LogP contribution in [0.5, 0.6) is 0 Å². The fraction of sp³-hybridized carbons (Fsp3) is 0.750. The number of aromatic nitrogens is 4. The van der Waals surface area contributed by atoms with E-state index in [1.165, 1.54) is 18.0 Å². The number of hydrogen-bond donors (Lipinski definition) is 5. The van der Waals surface area contributed by atoms with E-state index in [0.29, 0.717) is 0 Å². The molecule has 1 unspecified atom stereocenters. The lowest BCUT2D eigenvalue weighted by Crippen LogP contribution is -2.44. The molecule has 0 saturated heterocycles. The standard InChI is InChI=1S/C20H35ClN5O7P/c1-6-19(7-2,33-34(30,31)20(29,8-3)9-4)10-12(32-5)14(27)17(28)26-11-23-13-15(21)24-18(22)25-16(13)26/h11-12,14,17,27-29H,6-10H2,1-5H3,(H,30,31)(H2,22,24,25)/t12-,14-,17-/m1/s1. The van der Waals surface area contributed by atoms with Crippen LogP contribution in [0.1, 0.15) is 66.0 Å². The number of imidazole rings is 1. The van der Waals surface area contributed by atoms with Crippen LogP contribution in [0.3, 0.4) is 0 Å². The zero-order valence-corrected chi connectivity index (χ0v) is 21.7. The number of nitrogen functional groups attached to an aromatic ring is 1. The highest BCUT2D eigenvalue weighted by Gasteiger charge is 2.50.